The zero-order valence-electron chi connectivity index (χ0n) is 8.69. The Balaban J connectivity index is 3.16. The lowest BCUT2D eigenvalue weighted by molar-refractivity contribution is -0.138. The van der Waals surface area contributed by atoms with Crippen molar-refractivity contribution in [3.05, 3.63) is 29.3 Å². The molecule has 0 saturated heterocycles. The van der Waals surface area contributed by atoms with E-state index in [-0.39, 0.29) is 5.75 Å². The molecule has 0 aliphatic heterocycles. The van der Waals surface area contributed by atoms with Gasteiger partial charge in [0.1, 0.15) is 5.75 Å². The molecule has 0 atom stereocenters. The predicted octanol–water partition coefficient (Wildman–Crippen LogP) is 3.67. The lowest BCUT2D eigenvalue weighted by atomic mass is 10.0. The number of hydrogen-bond donors (Lipinski definition) is 0. The van der Waals surface area contributed by atoms with Crippen molar-refractivity contribution in [1.29, 1.82) is 0 Å². The second-order valence-electron chi connectivity index (χ2n) is 3.27. The number of aryl methyl sites for hydroxylation is 1. The Morgan fingerprint density at radius 3 is 2.40 bits per heavy atom. The van der Waals surface area contributed by atoms with Crippen LogP contribution in [0, 0.1) is 0 Å². The summed E-state index contributed by atoms with van der Waals surface area (Å²) in [7, 11) is 1.36. The first kappa shape index (κ1) is 11.9. The van der Waals surface area contributed by atoms with Gasteiger partial charge in [0.2, 0.25) is 0 Å². The van der Waals surface area contributed by atoms with Crippen molar-refractivity contribution in [3.8, 4) is 5.75 Å². The van der Waals surface area contributed by atoms with E-state index in [0.29, 0.717) is 18.4 Å². The van der Waals surface area contributed by atoms with E-state index in [1.807, 2.05) is 6.92 Å². The number of benzene rings is 1. The highest BCUT2D eigenvalue weighted by Crippen LogP contribution is 2.34. The Morgan fingerprint density at radius 2 is 1.93 bits per heavy atom. The molecule has 1 nitrogen and oxygen atoms in total. The molecule has 0 N–H and O–H groups in total. The molecule has 0 aliphatic rings. The molecule has 0 fully saturated rings. The Hall–Kier alpha value is -1.19. The van der Waals surface area contributed by atoms with Gasteiger partial charge in [-0.05, 0) is 24.1 Å². The largest absolute Gasteiger partial charge is 0.497 e. The maximum atomic E-state index is 12.6. The molecular formula is C11H13F3O. The minimum absolute atomic E-state index is 0.238. The summed E-state index contributed by atoms with van der Waals surface area (Å²) in [6, 6.07) is 4.08. The summed E-state index contributed by atoms with van der Waals surface area (Å²) in [5.41, 5.74) is -0.269. The van der Waals surface area contributed by atoms with Crippen molar-refractivity contribution in [2.45, 2.75) is 25.9 Å². The number of ether oxygens (including phenoxy) is 1. The van der Waals surface area contributed by atoms with Crippen LogP contribution in [0.3, 0.4) is 0 Å². The Morgan fingerprint density at radius 1 is 1.27 bits per heavy atom. The summed E-state index contributed by atoms with van der Waals surface area (Å²) < 4.78 is 42.7. The van der Waals surface area contributed by atoms with Crippen molar-refractivity contribution in [2.24, 2.45) is 0 Å². The molecule has 0 spiro atoms. The van der Waals surface area contributed by atoms with Crippen LogP contribution in [-0.4, -0.2) is 7.11 Å². The number of methoxy groups -OCH3 is 1. The van der Waals surface area contributed by atoms with Gasteiger partial charge in [-0.3, -0.25) is 0 Å². The summed E-state index contributed by atoms with van der Waals surface area (Å²) in [4.78, 5) is 0. The molecule has 0 radical (unpaired) electrons. The highest BCUT2D eigenvalue weighted by Gasteiger charge is 2.33. The standard InChI is InChI=1S/C11H13F3O/c1-3-4-8-5-6-9(15-2)7-10(8)11(12,13)14/h5-7H,3-4H2,1-2H3. The smallest absolute Gasteiger partial charge is 0.416 e. The second kappa shape index (κ2) is 4.55. The fraction of sp³-hybridized carbons (Fsp3) is 0.455. The highest BCUT2D eigenvalue weighted by molar-refractivity contribution is 5.37. The maximum Gasteiger partial charge on any atom is 0.416 e. The molecule has 0 aromatic heterocycles. The van der Waals surface area contributed by atoms with Crippen LogP contribution in [0.15, 0.2) is 18.2 Å². The fourth-order valence-corrected chi connectivity index (χ4v) is 1.43. The second-order valence-corrected chi connectivity index (χ2v) is 3.27. The number of rotatable bonds is 3. The van der Waals surface area contributed by atoms with E-state index in [1.54, 1.807) is 6.07 Å². The monoisotopic (exact) mass is 218 g/mol. The van der Waals surface area contributed by atoms with Crippen LogP contribution in [0.25, 0.3) is 0 Å². The van der Waals surface area contributed by atoms with Gasteiger partial charge in [-0.2, -0.15) is 13.2 Å². The first-order chi connectivity index (χ1) is 6.99. The van der Waals surface area contributed by atoms with Crippen molar-refractivity contribution < 1.29 is 17.9 Å². The van der Waals surface area contributed by atoms with Crippen molar-refractivity contribution in [1.82, 2.24) is 0 Å². The zero-order chi connectivity index (χ0) is 11.5. The summed E-state index contributed by atoms with van der Waals surface area (Å²) >= 11 is 0. The van der Waals surface area contributed by atoms with Gasteiger partial charge in [0.15, 0.2) is 0 Å². The predicted molar refractivity (Wildman–Crippen MR) is 52.0 cm³/mol. The first-order valence-electron chi connectivity index (χ1n) is 4.73. The van der Waals surface area contributed by atoms with Crippen molar-refractivity contribution in [3.63, 3.8) is 0 Å². The van der Waals surface area contributed by atoms with Crippen LogP contribution in [0.2, 0.25) is 0 Å². The van der Waals surface area contributed by atoms with Gasteiger partial charge in [0.25, 0.3) is 0 Å². The van der Waals surface area contributed by atoms with E-state index < -0.39 is 11.7 Å². The van der Waals surface area contributed by atoms with Gasteiger partial charge < -0.3 is 4.74 Å². The van der Waals surface area contributed by atoms with Gasteiger partial charge in [-0.15, -0.1) is 0 Å². The van der Waals surface area contributed by atoms with Crippen LogP contribution < -0.4 is 4.74 Å². The number of alkyl halides is 3. The summed E-state index contributed by atoms with van der Waals surface area (Å²) in [6.45, 7) is 1.85. The summed E-state index contributed by atoms with van der Waals surface area (Å²) in [5.74, 6) is 0.238. The molecule has 0 amide bonds. The molecule has 0 aliphatic carbocycles. The van der Waals surface area contributed by atoms with Crippen molar-refractivity contribution in [2.75, 3.05) is 7.11 Å². The van der Waals surface area contributed by atoms with Crippen LogP contribution in [0.1, 0.15) is 24.5 Å². The van der Waals surface area contributed by atoms with E-state index >= 15 is 0 Å². The van der Waals surface area contributed by atoms with Gasteiger partial charge in [0.05, 0.1) is 12.7 Å². The quantitative estimate of drug-likeness (QED) is 0.752. The molecule has 0 heterocycles. The van der Waals surface area contributed by atoms with Crippen molar-refractivity contribution >= 4 is 0 Å². The molecular weight excluding hydrogens is 205 g/mol. The Bertz CT molecular complexity index is 331. The summed E-state index contributed by atoms with van der Waals surface area (Å²) in [5, 5.41) is 0. The van der Waals surface area contributed by atoms with Gasteiger partial charge in [-0.1, -0.05) is 19.4 Å². The van der Waals surface area contributed by atoms with E-state index in [2.05, 4.69) is 0 Å². The third kappa shape index (κ3) is 2.88. The molecule has 0 unspecified atom stereocenters. The molecule has 15 heavy (non-hydrogen) atoms. The minimum atomic E-state index is -4.31. The van der Waals surface area contributed by atoms with Gasteiger partial charge >= 0.3 is 6.18 Å². The fourth-order valence-electron chi connectivity index (χ4n) is 1.43. The number of halogens is 3. The average molecular weight is 218 g/mol. The van der Waals surface area contributed by atoms with Crippen LogP contribution in [-0.2, 0) is 12.6 Å². The topological polar surface area (TPSA) is 9.23 Å². The number of hydrogen-bond acceptors (Lipinski definition) is 1. The SMILES string of the molecule is CCCc1ccc(OC)cc1C(F)(F)F. The molecule has 1 aromatic rings. The third-order valence-electron chi connectivity index (χ3n) is 2.14. The van der Waals surface area contributed by atoms with Crippen LogP contribution >= 0.6 is 0 Å². The molecule has 0 saturated carbocycles. The van der Waals surface area contributed by atoms with E-state index in [9.17, 15) is 13.2 Å². The lowest BCUT2D eigenvalue weighted by Gasteiger charge is -2.13. The highest BCUT2D eigenvalue weighted by atomic mass is 19.4. The van der Waals surface area contributed by atoms with Gasteiger partial charge in [-0.25, -0.2) is 0 Å². The Kier molecular flexibility index (Phi) is 3.61. The third-order valence-corrected chi connectivity index (χ3v) is 2.14. The molecule has 4 heteroatoms. The maximum absolute atomic E-state index is 12.6. The minimum Gasteiger partial charge on any atom is -0.497 e. The zero-order valence-corrected chi connectivity index (χ0v) is 8.69. The van der Waals surface area contributed by atoms with Crippen LogP contribution in [0.5, 0.6) is 5.75 Å². The normalized spacial score (nSPS) is 11.5. The first-order valence-corrected chi connectivity index (χ1v) is 4.73. The molecule has 1 rings (SSSR count). The van der Waals surface area contributed by atoms with E-state index in [4.69, 9.17) is 4.74 Å². The van der Waals surface area contributed by atoms with Crippen LogP contribution in [0.4, 0.5) is 13.2 Å². The van der Waals surface area contributed by atoms with E-state index in [0.717, 1.165) is 6.07 Å². The van der Waals surface area contributed by atoms with Gasteiger partial charge in [0, 0.05) is 0 Å². The van der Waals surface area contributed by atoms with E-state index in [1.165, 1.54) is 13.2 Å². The molecule has 84 valence electrons. The average Bonchev–Trinajstić information content (AvgIpc) is 2.17. The Labute approximate surface area is 86.9 Å². The molecule has 1 aromatic carbocycles. The molecule has 0 bridgehead atoms. The summed E-state index contributed by atoms with van der Waals surface area (Å²) in [6.07, 6.45) is -3.19. The lowest BCUT2D eigenvalue weighted by Crippen LogP contribution is -2.09.